The lowest BCUT2D eigenvalue weighted by molar-refractivity contribution is -0.120. The molecule has 1 aliphatic heterocycles. The topological polar surface area (TPSA) is 51.2 Å². The minimum atomic E-state index is 0.142. The molecule has 1 amide bonds. The van der Waals surface area contributed by atoms with Crippen LogP contribution in [0.2, 0.25) is 0 Å². The molecule has 0 radical (unpaired) electrons. The van der Waals surface area contributed by atoms with Crippen LogP contribution in [0.4, 0.5) is 5.69 Å². The summed E-state index contributed by atoms with van der Waals surface area (Å²) in [4.78, 5) is 18.2. The van der Waals surface area contributed by atoms with Crippen molar-refractivity contribution in [3.8, 4) is 5.88 Å². The number of nitrogens with one attached hydrogen (secondary N) is 1. The van der Waals surface area contributed by atoms with E-state index in [4.69, 9.17) is 4.74 Å². The summed E-state index contributed by atoms with van der Waals surface area (Å²) >= 11 is 0. The molecule has 1 aromatic heterocycles. The molecule has 0 spiro atoms. The Balaban J connectivity index is 1.51. The molecule has 2 saturated carbocycles. The van der Waals surface area contributed by atoms with Gasteiger partial charge in [-0.1, -0.05) is 103 Å². The fourth-order valence-electron chi connectivity index (χ4n) is 6.49. The van der Waals surface area contributed by atoms with Gasteiger partial charge in [-0.15, -0.1) is 0 Å². The second-order valence-electron chi connectivity index (χ2n) is 11.2. The van der Waals surface area contributed by atoms with Crippen molar-refractivity contribution in [2.24, 2.45) is 5.92 Å². The molecule has 3 aliphatic rings. The molecular formula is C30H48N2O2. The van der Waals surface area contributed by atoms with Gasteiger partial charge >= 0.3 is 0 Å². The first-order valence-corrected chi connectivity index (χ1v) is 14.8. The Morgan fingerprint density at radius 2 is 1.24 bits per heavy atom. The fraction of sp³-hybridized carbons (Fsp3) is 0.800. The number of carbonyl (C=O) groups is 1. The van der Waals surface area contributed by atoms with Crippen molar-refractivity contribution in [3.05, 3.63) is 17.3 Å². The lowest BCUT2D eigenvalue weighted by Gasteiger charge is -2.24. The highest BCUT2D eigenvalue weighted by Crippen LogP contribution is 2.41. The number of hydrogen-bond donors (Lipinski definition) is 1. The molecule has 1 N–H and O–H groups in total. The van der Waals surface area contributed by atoms with Crippen molar-refractivity contribution in [2.45, 2.75) is 141 Å². The van der Waals surface area contributed by atoms with Gasteiger partial charge in [0.15, 0.2) is 0 Å². The summed E-state index contributed by atoms with van der Waals surface area (Å²) in [5.41, 5.74) is 3.63. The first-order valence-electron chi connectivity index (χ1n) is 14.8. The van der Waals surface area contributed by atoms with Crippen LogP contribution < -0.4 is 10.1 Å². The first-order chi connectivity index (χ1) is 16.8. The van der Waals surface area contributed by atoms with E-state index in [0.29, 0.717) is 5.92 Å². The number of rotatable bonds is 3. The molecule has 34 heavy (non-hydrogen) atoms. The van der Waals surface area contributed by atoms with E-state index in [1.54, 1.807) is 0 Å². The highest BCUT2D eigenvalue weighted by molar-refractivity contribution is 5.93. The fourth-order valence-corrected chi connectivity index (χ4v) is 6.49. The Kier molecular flexibility index (Phi) is 10.6. The zero-order valence-electron chi connectivity index (χ0n) is 21.6. The highest BCUT2D eigenvalue weighted by Gasteiger charge is 2.28. The van der Waals surface area contributed by atoms with Crippen LogP contribution in [0.1, 0.15) is 145 Å². The molecule has 190 valence electrons. The predicted octanol–water partition coefficient (Wildman–Crippen LogP) is 8.48. The van der Waals surface area contributed by atoms with Crippen LogP contribution in [-0.4, -0.2) is 17.5 Å². The first kappa shape index (κ1) is 25.5. The number of pyridine rings is 1. The number of amides is 1. The van der Waals surface area contributed by atoms with E-state index in [1.165, 1.54) is 127 Å². The molecule has 4 rings (SSSR count). The molecule has 2 aliphatic carbocycles. The standard InChI is InChI=1S/C30H48N2O2/c33-29(25-19-15-11-7-3-4-8-12-16-20-25)32-27-23-31-30-26(21-22-34-30)28(27)24-17-13-9-5-1-2-6-10-14-18-24/h23-25H,1-22H2,(H,32,33). The molecular weight excluding hydrogens is 420 g/mol. The van der Waals surface area contributed by atoms with E-state index in [9.17, 15) is 4.79 Å². The zero-order chi connectivity index (χ0) is 23.4. The van der Waals surface area contributed by atoms with E-state index >= 15 is 0 Å². The Hall–Kier alpha value is -1.58. The van der Waals surface area contributed by atoms with Crippen molar-refractivity contribution in [1.29, 1.82) is 0 Å². The summed E-state index contributed by atoms with van der Waals surface area (Å²) in [6, 6.07) is 0. The Bertz CT molecular complexity index is 738. The minimum absolute atomic E-state index is 0.142. The third-order valence-corrected chi connectivity index (χ3v) is 8.52. The van der Waals surface area contributed by atoms with Crippen LogP contribution in [0.3, 0.4) is 0 Å². The summed E-state index contributed by atoms with van der Waals surface area (Å²) in [6.07, 6.45) is 28.4. The van der Waals surface area contributed by atoms with E-state index in [0.717, 1.165) is 37.4 Å². The Labute approximate surface area is 208 Å². The maximum atomic E-state index is 13.6. The van der Waals surface area contributed by atoms with Gasteiger partial charge < -0.3 is 10.1 Å². The number of carbonyl (C=O) groups excluding carboxylic acids is 1. The van der Waals surface area contributed by atoms with Gasteiger partial charge in [0.05, 0.1) is 18.5 Å². The van der Waals surface area contributed by atoms with Gasteiger partial charge in [0.2, 0.25) is 11.8 Å². The van der Waals surface area contributed by atoms with Gasteiger partial charge in [-0.25, -0.2) is 4.98 Å². The third kappa shape index (κ3) is 7.46. The van der Waals surface area contributed by atoms with Gasteiger partial charge in [-0.3, -0.25) is 4.79 Å². The lowest BCUT2D eigenvalue weighted by Crippen LogP contribution is -2.24. The lowest BCUT2D eigenvalue weighted by atomic mass is 9.84. The molecule has 0 bridgehead atoms. The van der Waals surface area contributed by atoms with E-state index in [2.05, 4.69) is 10.3 Å². The maximum absolute atomic E-state index is 13.6. The number of nitrogens with zero attached hydrogens (tertiary/aromatic N) is 1. The Morgan fingerprint density at radius 3 is 1.79 bits per heavy atom. The number of fused-ring (bicyclic) bond motifs is 1. The molecule has 4 nitrogen and oxygen atoms in total. The maximum Gasteiger partial charge on any atom is 0.227 e. The van der Waals surface area contributed by atoms with E-state index in [-0.39, 0.29) is 11.8 Å². The predicted molar refractivity (Wildman–Crippen MR) is 141 cm³/mol. The molecule has 0 saturated heterocycles. The van der Waals surface area contributed by atoms with Gasteiger partial charge in [0.1, 0.15) is 0 Å². The van der Waals surface area contributed by atoms with Crippen molar-refractivity contribution in [3.63, 3.8) is 0 Å². The van der Waals surface area contributed by atoms with Crippen LogP contribution in [-0.2, 0) is 11.2 Å². The van der Waals surface area contributed by atoms with E-state index in [1.807, 2.05) is 6.20 Å². The third-order valence-electron chi connectivity index (χ3n) is 8.52. The van der Waals surface area contributed by atoms with Crippen molar-refractivity contribution < 1.29 is 9.53 Å². The zero-order valence-corrected chi connectivity index (χ0v) is 21.6. The van der Waals surface area contributed by atoms with Gasteiger partial charge in [0, 0.05) is 17.9 Å². The second-order valence-corrected chi connectivity index (χ2v) is 11.2. The second kappa shape index (κ2) is 14.1. The summed E-state index contributed by atoms with van der Waals surface area (Å²) in [5, 5.41) is 3.43. The van der Waals surface area contributed by atoms with Gasteiger partial charge in [-0.2, -0.15) is 0 Å². The number of anilines is 1. The van der Waals surface area contributed by atoms with Gasteiger partial charge in [0.25, 0.3) is 0 Å². The van der Waals surface area contributed by atoms with Crippen LogP contribution in [0.5, 0.6) is 5.88 Å². The minimum Gasteiger partial charge on any atom is -0.477 e. The van der Waals surface area contributed by atoms with E-state index < -0.39 is 0 Å². The van der Waals surface area contributed by atoms with Gasteiger partial charge in [-0.05, 0) is 37.2 Å². The van der Waals surface area contributed by atoms with Crippen LogP contribution in [0, 0.1) is 5.92 Å². The monoisotopic (exact) mass is 468 g/mol. The SMILES string of the molecule is O=C(Nc1cnc2c(c1C1CCCCCCCCCC1)CCO2)C1CCCCCCCCCC1. The largest absolute Gasteiger partial charge is 0.477 e. The molecule has 2 heterocycles. The highest BCUT2D eigenvalue weighted by atomic mass is 16.5. The molecule has 0 atom stereocenters. The average Bonchev–Trinajstić information content (AvgIpc) is 3.27. The average molecular weight is 469 g/mol. The van der Waals surface area contributed by atoms with Crippen molar-refractivity contribution >= 4 is 11.6 Å². The summed E-state index contributed by atoms with van der Waals surface area (Å²) in [7, 11) is 0. The number of ether oxygens (including phenoxy) is 1. The number of aromatic nitrogens is 1. The van der Waals surface area contributed by atoms with Crippen molar-refractivity contribution in [1.82, 2.24) is 4.98 Å². The molecule has 0 unspecified atom stereocenters. The number of hydrogen-bond acceptors (Lipinski definition) is 3. The normalized spacial score (nSPS) is 22.6. The van der Waals surface area contributed by atoms with Crippen LogP contribution in [0.25, 0.3) is 0 Å². The summed E-state index contributed by atoms with van der Waals surface area (Å²) in [6.45, 7) is 0.724. The van der Waals surface area contributed by atoms with Crippen molar-refractivity contribution in [2.75, 3.05) is 11.9 Å². The molecule has 1 aromatic rings. The Morgan fingerprint density at radius 1 is 0.735 bits per heavy atom. The molecule has 0 aromatic carbocycles. The quantitative estimate of drug-likeness (QED) is 0.484. The summed E-state index contributed by atoms with van der Waals surface area (Å²) in [5.74, 6) is 1.71. The smallest absolute Gasteiger partial charge is 0.227 e. The molecule has 4 heteroatoms. The summed E-state index contributed by atoms with van der Waals surface area (Å²) < 4.78 is 5.87. The van der Waals surface area contributed by atoms with Crippen LogP contribution in [0.15, 0.2) is 6.20 Å². The van der Waals surface area contributed by atoms with Crippen LogP contribution >= 0.6 is 0 Å². The molecule has 2 fully saturated rings.